The maximum Gasteiger partial charge on any atom is 0.235 e. The van der Waals surface area contributed by atoms with Crippen molar-refractivity contribution in [3.63, 3.8) is 0 Å². The molecule has 9 heteroatoms. The summed E-state index contributed by atoms with van der Waals surface area (Å²) < 4.78 is 0. The Morgan fingerprint density at radius 1 is 1.03 bits per heavy atom. The van der Waals surface area contributed by atoms with Crippen molar-refractivity contribution in [2.45, 2.75) is 31.0 Å². The van der Waals surface area contributed by atoms with E-state index in [1.807, 2.05) is 18.2 Å². The SMILES string of the molecule is C[C@H]1c2c(-c3ccccc3)ccc(O)c2C(=O)C2C(=O)[C@]3(O)C(=O)C(C(N)=O)C(=O)C[C@@H]3[C@@H](O)[C@@H]21. The number of primary amides is 1. The Balaban J connectivity index is 1.71. The molecule has 2 aromatic carbocycles. The number of nitrogens with two attached hydrogens (primary N) is 1. The number of benzene rings is 2. The standard InChI is InChI=1S/C26H23NO8/c1-10-16-12(11-5-3-2-4-6-11)7-8-14(28)18(16)22(31)20-17(10)21(30)13-9-15(29)19(25(27)34)23(32)26(13,35)24(20)33/h2-8,10,13,17,19-21,28,30,35H,9H2,1H3,(H2,27,34)/t10-,13+,17+,19?,20?,21+,26+/m0/s1. The number of rotatable bonds is 2. The van der Waals surface area contributed by atoms with Crippen LogP contribution in [0, 0.1) is 23.7 Å². The van der Waals surface area contributed by atoms with E-state index in [9.17, 15) is 39.3 Å². The molecule has 3 aliphatic rings. The number of phenolic OH excluding ortho intramolecular Hbond substituents is 1. The normalized spacial score (nSPS) is 34.1. The molecule has 0 spiro atoms. The van der Waals surface area contributed by atoms with Gasteiger partial charge in [-0.25, -0.2) is 0 Å². The lowest BCUT2D eigenvalue weighted by Gasteiger charge is -2.53. The van der Waals surface area contributed by atoms with Crippen molar-refractivity contribution in [1.29, 1.82) is 0 Å². The van der Waals surface area contributed by atoms with Gasteiger partial charge >= 0.3 is 0 Å². The van der Waals surface area contributed by atoms with Crippen molar-refractivity contribution in [3.8, 4) is 16.9 Å². The average Bonchev–Trinajstić information content (AvgIpc) is 2.82. The van der Waals surface area contributed by atoms with E-state index in [2.05, 4.69) is 0 Å². The number of hydrogen-bond donors (Lipinski definition) is 4. The Hall–Kier alpha value is -3.69. The molecule has 0 aliphatic heterocycles. The molecular formula is C26H23NO8. The third-order valence-corrected chi connectivity index (χ3v) is 7.92. The van der Waals surface area contributed by atoms with E-state index < -0.39 is 76.8 Å². The van der Waals surface area contributed by atoms with E-state index in [1.54, 1.807) is 25.1 Å². The van der Waals surface area contributed by atoms with Crippen molar-refractivity contribution in [2.75, 3.05) is 0 Å². The molecule has 1 amide bonds. The van der Waals surface area contributed by atoms with Gasteiger partial charge in [0.2, 0.25) is 5.91 Å². The van der Waals surface area contributed by atoms with Crippen LogP contribution in [-0.2, 0) is 19.2 Å². The summed E-state index contributed by atoms with van der Waals surface area (Å²) in [7, 11) is 0. The predicted octanol–water partition coefficient (Wildman–Crippen LogP) is 0.526. The predicted molar refractivity (Wildman–Crippen MR) is 120 cm³/mol. The maximum atomic E-state index is 13.7. The van der Waals surface area contributed by atoms with E-state index in [-0.39, 0.29) is 11.3 Å². The highest BCUT2D eigenvalue weighted by atomic mass is 16.3. The number of Topliss-reactive ketones (excluding diaryl/α,β-unsaturated/α-hetero) is 4. The molecule has 35 heavy (non-hydrogen) atoms. The molecule has 0 heterocycles. The van der Waals surface area contributed by atoms with Gasteiger partial charge in [0.15, 0.2) is 34.7 Å². The first-order chi connectivity index (χ1) is 16.5. The first-order valence-electron chi connectivity index (χ1n) is 11.3. The molecule has 3 aliphatic carbocycles. The minimum absolute atomic E-state index is 0.117. The largest absolute Gasteiger partial charge is 0.507 e. The number of hydrogen-bond acceptors (Lipinski definition) is 8. The molecular weight excluding hydrogens is 454 g/mol. The number of aromatic hydroxyl groups is 1. The summed E-state index contributed by atoms with van der Waals surface area (Å²) in [4.78, 5) is 64.6. The molecule has 0 aromatic heterocycles. The Morgan fingerprint density at radius 2 is 1.69 bits per heavy atom. The van der Waals surface area contributed by atoms with Gasteiger partial charge in [-0.05, 0) is 28.7 Å². The van der Waals surface area contributed by atoms with Crippen LogP contribution < -0.4 is 5.73 Å². The number of amides is 1. The van der Waals surface area contributed by atoms with Crippen LogP contribution in [0.15, 0.2) is 42.5 Å². The van der Waals surface area contributed by atoms with Crippen LogP contribution in [0.2, 0.25) is 0 Å². The molecule has 2 saturated carbocycles. The topological polar surface area (TPSA) is 172 Å². The van der Waals surface area contributed by atoms with E-state index in [1.165, 1.54) is 6.07 Å². The summed E-state index contributed by atoms with van der Waals surface area (Å²) >= 11 is 0. The molecule has 2 aromatic rings. The van der Waals surface area contributed by atoms with Gasteiger partial charge in [0.1, 0.15) is 5.75 Å². The number of ketones is 4. The molecule has 9 nitrogen and oxygen atoms in total. The van der Waals surface area contributed by atoms with Gasteiger partial charge in [0, 0.05) is 18.3 Å². The first kappa shape index (κ1) is 23.1. The monoisotopic (exact) mass is 477 g/mol. The van der Waals surface area contributed by atoms with E-state index >= 15 is 0 Å². The Kier molecular flexibility index (Phi) is 5.05. The number of fused-ring (bicyclic) bond motifs is 3. The molecule has 0 radical (unpaired) electrons. The quantitative estimate of drug-likeness (QED) is 0.453. The van der Waals surface area contributed by atoms with Crippen LogP contribution in [-0.4, -0.2) is 56.1 Å². The number of aliphatic hydroxyl groups excluding tert-OH is 1. The van der Waals surface area contributed by atoms with Crippen molar-refractivity contribution in [2.24, 2.45) is 29.4 Å². The second-order valence-corrected chi connectivity index (χ2v) is 9.59. The molecule has 5 rings (SSSR count). The fourth-order valence-corrected chi connectivity index (χ4v) is 6.30. The molecule has 180 valence electrons. The number of aliphatic hydroxyl groups is 2. The van der Waals surface area contributed by atoms with Gasteiger partial charge in [-0.2, -0.15) is 0 Å². The van der Waals surface area contributed by atoms with Crippen LogP contribution in [0.25, 0.3) is 11.1 Å². The molecule has 2 fully saturated rings. The Bertz CT molecular complexity index is 1320. The molecule has 5 N–H and O–H groups in total. The minimum Gasteiger partial charge on any atom is -0.507 e. The fraction of sp³-hybridized carbons (Fsp3) is 0.346. The lowest BCUT2D eigenvalue weighted by molar-refractivity contribution is -0.189. The highest BCUT2D eigenvalue weighted by molar-refractivity contribution is 6.31. The summed E-state index contributed by atoms with van der Waals surface area (Å²) in [5.74, 6) is -13.0. The lowest BCUT2D eigenvalue weighted by Crippen LogP contribution is -2.72. The average molecular weight is 477 g/mol. The Labute approximate surface area is 199 Å². The van der Waals surface area contributed by atoms with Crippen LogP contribution in [0.1, 0.15) is 35.2 Å². The first-order valence-corrected chi connectivity index (χ1v) is 11.3. The fourth-order valence-electron chi connectivity index (χ4n) is 6.30. The summed E-state index contributed by atoms with van der Waals surface area (Å²) in [5.41, 5.74) is 3.95. The molecule has 0 bridgehead atoms. The second kappa shape index (κ2) is 7.66. The van der Waals surface area contributed by atoms with Crippen molar-refractivity contribution >= 4 is 29.0 Å². The third kappa shape index (κ3) is 2.91. The highest BCUT2D eigenvalue weighted by Gasteiger charge is 2.70. The summed E-state index contributed by atoms with van der Waals surface area (Å²) in [6.45, 7) is 1.69. The molecule has 7 atom stereocenters. The maximum absolute atomic E-state index is 13.7. The van der Waals surface area contributed by atoms with Crippen LogP contribution in [0.3, 0.4) is 0 Å². The smallest absolute Gasteiger partial charge is 0.235 e. The molecule has 2 unspecified atom stereocenters. The summed E-state index contributed by atoms with van der Waals surface area (Å²) in [5, 5.41) is 33.3. The zero-order valence-corrected chi connectivity index (χ0v) is 18.7. The van der Waals surface area contributed by atoms with Crippen LogP contribution in [0.5, 0.6) is 5.75 Å². The van der Waals surface area contributed by atoms with Gasteiger partial charge < -0.3 is 21.1 Å². The van der Waals surface area contributed by atoms with Crippen molar-refractivity contribution < 1.29 is 39.3 Å². The van der Waals surface area contributed by atoms with E-state index in [0.29, 0.717) is 11.1 Å². The van der Waals surface area contributed by atoms with Crippen LogP contribution >= 0.6 is 0 Å². The van der Waals surface area contributed by atoms with E-state index in [0.717, 1.165) is 5.56 Å². The number of carbonyl (C=O) groups is 5. The van der Waals surface area contributed by atoms with Gasteiger partial charge in [0.25, 0.3) is 0 Å². The second-order valence-electron chi connectivity index (χ2n) is 9.59. The van der Waals surface area contributed by atoms with Crippen LogP contribution in [0.4, 0.5) is 0 Å². The summed E-state index contributed by atoms with van der Waals surface area (Å²) in [6, 6.07) is 12.0. The van der Waals surface area contributed by atoms with Gasteiger partial charge in [-0.15, -0.1) is 0 Å². The zero-order valence-electron chi connectivity index (χ0n) is 18.7. The van der Waals surface area contributed by atoms with Gasteiger partial charge in [0.05, 0.1) is 17.6 Å². The van der Waals surface area contributed by atoms with E-state index in [4.69, 9.17) is 5.73 Å². The third-order valence-electron chi connectivity index (χ3n) is 7.92. The Morgan fingerprint density at radius 3 is 2.31 bits per heavy atom. The zero-order chi connectivity index (χ0) is 25.4. The highest BCUT2D eigenvalue weighted by Crippen LogP contribution is 2.55. The lowest BCUT2D eigenvalue weighted by atomic mass is 9.50. The summed E-state index contributed by atoms with van der Waals surface area (Å²) in [6.07, 6.45) is -2.21. The van der Waals surface area contributed by atoms with Gasteiger partial charge in [-0.1, -0.05) is 43.3 Å². The number of carbonyl (C=O) groups excluding carboxylic acids is 5. The number of phenols is 1. The van der Waals surface area contributed by atoms with Gasteiger partial charge in [-0.3, -0.25) is 24.0 Å². The van der Waals surface area contributed by atoms with Crippen molar-refractivity contribution in [1.82, 2.24) is 0 Å². The molecule has 0 saturated heterocycles. The minimum atomic E-state index is -2.92. The van der Waals surface area contributed by atoms with Crippen molar-refractivity contribution in [3.05, 3.63) is 53.6 Å².